The molecule has 0 saturated carbocycles. The Hall–Kier alpha value is -4.63. The third kappa shape index (κ3) is 15.9. The van der Waals surface area contributed by atoms with E-state index in [0.717, 1.165) is 29.7 Å². The van der Waals surface area contributed by atoms with Gasteiger partial charge in [0.1, 0.15) is 23.3 Å². The predicted octanol–water partition coefficient (Wildman–Crippen LogP) is 4.37. The Balaban J connectivity index is 2.50. The first-order valence-corrected chi connectivity index (χ1v) is 19.7. The second kappa shape index (κ2) is 23.3. The predicted molar refractivity (Wildman–Crippen MR) is 212 cm³/mol. The number of carboxylic acid groups (broad SMARTS) is 1. The highest BCUT2D eigenvalue weighted by Gasteiger charge is 2.37. The lowest BCUT2D eigenvalue weighted by Gasteiger charge is -2.37. The molecule has 0 fully saturated rings. The lowest BCUT2D eigenvalue weighted by atomic mass is 9.94. The Labute approximate surface area is 329 Å². The second-order valence-corrected chi connectivity index (χ2v) is 15.3. The Bertz CT molecular complexity index is 1600. The number of likely N-dealkylation sites (N-methyl/N-ethyl adjacent to an activating group) is 1. The molecule has 1 aromatic heterocycles. The van der Waals surface area contributed by atoms with Crippen LogP contribution in [-0.2, 0) is 35.1 Å². The van der Waals surface area contributed by atoms with E-state index in [-0.39, 0.29) is 48.5 Å². The van der Waals surface area contributed by atoms with Gasteiger partial charge in [-0.25, -0.2) is 4.98 Å². The maximum absolute atomic E-state index is 14.5. The SMILES string of the molecule is C=C(C)[C@@H](C[C@@H](OC(C)=O)c1nc(C(=O)N[C@@H](Cc2ccccc2)C[C@H](C)C(=O)O)cs1)N(CC(=O)NCCCC)C(=O)[C@@H](NC(=O)CN(C)C)[C@@H](C)CC. The van der Waals surface area contributed by atoms with Gasteiger partial charge in [0.25, 0.3) is 5.91 Å². The third-order valence-corrected chi connectivity index (χ3v) is 10.1. The topological polar surface area (TPSA) is 187 Å². The smallest absolute Gasteiger partial charge is 0.306 e. The standard InChI is InChI=1S/C40H60N6O8S/c1-10-12-18-41-34(48)23-46(39(51)36(26(5)11-2)44-35(49)22-45(8)9)32(25(3)4)21-33(54-28(7)47)38-43-31(24-55-38)37(50)42-30(19-27(6)40(52)53)20-29-16-14-13-15-17-29/h13-17,24,26-27,30,32-33,36H,3,10-12,18-23H2,1-2,4-9H3,(H,41,48)(H,42,50)(H,44,49)(H,52,53)/t26-,27-,30+,32+,33+,36-/m0/s1. The number of rotatable bonds is 24. The van der Waals surface area contributed by atoms with Crippen LogP contribution < -0.4 is 16.0 Å². The molecule has 6 atom stereocenters. The van der Waals surface area contributed by atoms with Gasteiger partial charge in [-0.2, -0.15) is 0 Å². The molecule has 0 spiro atoms. The van der Waals surface area contributed by atoms with Crippen LogP contribution in [0.2, 0.25) is 0 Å². The molecule has 2 aromatic rings. The molecular weight excluding hydrogens is 725 g/mol. The molecule has 1 heterocycles. The quantitative estimate of drug-likeness (QED) is 0.0677. The van der Waals surface area contributed by atoms with E-state index in [2.05, 4.69) is 27.5 Å². The first-order valence-electron chi connectivity index (χ1n) is 18.8. The number of ether oxygens (including phenoxy) is 1. The first-order chi connectivity index (χ1) is 26.0. The van der Waals surface area contributed by atoms with E-state index >= 15 is 0 Å². The van der Waals surface area contributed by atoms with Crippen molar-refractivity contribution in [1.29, 1.82) is 0 Å². The van der Waals surface area contributed by atoms with Gasteiger partial charge in [-0.15, -0.1) is 11.3 Å². The van der Waals surface area contributed by atoms with Gasteiger partial charge in [0.15, 0.2) is 6.10 Å². The molecule has 0 aliphatic rings. The van der Waals surface area contributed by atoms with E-state index in [1.807, 2.05) is 51.1 Å². The van der Waals surface area contributed by atoms with Crippen molar-refractivity contribution in [2.45, 2.75) is 104 Å². The number of benzene rings is 1. The molecule has 55 heavy (non-hydrogen) atoms. The summed E-state index contributed by atoms with van der Waals surface area (Å²) in [5.74, 6) is -4.35. The number of esters is 1. The maximum Gasteiger partial charge on any atom is 0.306 e. The molecule has 304 valence electrons. The van der Waals surface area contributed by atoms with Gasteiger partial charge in [0, 0.05) is 31.3 Å². The number of carbonyl (C=O) groups is 6. The zero-order chi connectivity index (χ0) is 41.2. The summed E-state index contributed by atoms with van der Waals surface area (Å²) in [6, 6.07) is 7.10. The number of thiazole rings is 1. The van der Waals surface area contributed by atoms with Crippen molar-refractivity contribution in [3.8, 4) is 0 Å². The molecule has 0 aliphatic heterocycles. The third-order valence-electron chi connectivity index (χ3n) is 9.15. The fourth-order valence-electron chi connectivity index (χ4n) is 5.94. The van der Waals surface area contributed by atoms with Gasteiger partial charge in [0.2, 0.25) is 17.7 Å². The fraction of sp³-hybridized carbons (Fsp3) is 0.575. The minimum atomic E-state index is -1.04. The van der Waals surface area contributed by atoms with Crippen LogP contribution in [0.25, 0.3) is 0 Å². The number of nitrogens with zero attached hydrogens (tertiary/aromatic N) is 3. The molecule has 4 N–H and O–H groups in total. The van der Waals surface area contributed by atoms with Crippen LogP contribution in [0.15, 0.2) is 47.9 Å². The number of carboxylic acids is 1. The highest BCUT2D eigenvalue weighted by Crippen LogP contribution is 2.31. The molecule has 14 nitrogen and oxygen atoms in total. The van der Waals surface area contributed by atoms with Crippen molar-refractivity contribution < 1.29 is 38.6 Å². The van der Waals surface area contributed by atoms with Crippen LogP contribution in [0.5, 0.6) is 0 Å². The number of nitrogens with one attached hydrogen (secondary N) is 3. The van der Waals surface area contributed by atoms with E-state index in [0.29, 0.717) is 25.0 Å². The molecule has 2 rings (SSSR count). The summed E-state index contributed by atoms with van der Waals surface area (Å²) in [6.07, 6.45) is 1.68. The van der Waals surface area contributed by atoms with Gasteiger partial charge < -0.3 is 35.6 Å². The maximum atomic E-state index is 14.5. The normalized spacial score (nSPS) is 14.4. The van der Waals surface area contributed by atoms with Gasteiger partial charge in [-0.05, 0) is 51.8 Å². The summed E-state index contributed by atoms with van der Waals surface area (Å²) in [6.45, 7) is 14.6. The fourth-order valence-corrected chi connectivity index (χ4v) is 6.78. The molecule has 4 amide bonds. The molecule has 0 bridgehead atoms. The second-order valence-electron chi connectivity index (χ2n) is 14.4. The summed E-state index contributed by atoms with van der Waals surface area (Å²) >= 11 is 1.09. The number of unbranched alkanes of at least 4 members (excludes halogenated alkanes) is 1. The van der Waals surface area contributed by atoms with Crippen molar-refractivity contribution in [1.82, 2.24) is 30.7 Å². The van der Waals surface area contributed by atoms with Gasteiger partial charge in [0.05, 0.1) is 18.5 Å². The molecule has 15 heteroatoms. The highest BCUT2D eigenvalue weighted by molar-refractivity contribution is 7.09. The monoisotopic (exact) mass is 784 g/mol. The molecule has 0 saturated heterocycles. The van der Waals surface area contributed by atoms with Crippen LogP contribution >= 0.6 is 11.3 Å². The molecule has 0 unspecified atom stereocenters. The van der Waals surface area contributed by atoms with Crippen molar-refractivity contribution in [3.05, 3.63) is 64.1 Å². The summed E-state index contributed by atoms with van der Waals surface area (Å²) in [7, 11) is 3.49. The van der Waals surface area contributed by atoms with Gasteiger partial charge in [-0.3, -0.25) is 28.8 Å². The van der Waals surface area contributed by atoms with Gasteiger partial charge in [-0.1, -0.05) is 83.0 Å². The highest BCUT2D eigenvalue weighted by atomic mass is 32.1. The van der Waals surface area contributed by atoms with Crippen LogP contribution in [0, 0.1) is 11.8 Å². The van der Waals surface area contributed by atoms with Crippen LogP contribution in [0.3, 0.4) is 0 Å². The summed E-state index contributed by atoms with van der Waals surface area (Å²) in [5.41, 5.74) is 1.48. The average Bonchev–Trinajstić information content (AvgIpc) is 3.61. The van der Waals surface area contributed by atoms with Crippen LogP contribution in [-0.4, -0.2) is 107 Å². The van der Waals surface area contributed by atoms with E-state index < -0.39 is 59.8 Å². The van der Waals surface area contributed by atoms with E-state index in [1.165, 1.54) is 17.2 Å². The molecular formula is C40H60N6O8S. The van der Waals surface area contributed by atoms with Crippen molar-refractivity contribution in [3.63, 3.8) is 0 Å². The summed E-state index contributed by atoms with van der Waals surface area (Å²) in [5, 5.41) is 20.1. The minimum Gasteiger partial charge on any atom is -0.481 e. The summed E-state index contributed by atoms with van der Waals surface area (Å²) in [4.78, 5) is 86.1. The van der Waals surface area contributed by atoms with E-state index in [9.17, 15) is 33.9 Å². The van der Waals surface area contributed by atoms with Gasteiger partial charge >= 0.3 is 11.9 Å². The lowest BCUT2D eigenvalue weighted by molar-refractivity contribution is -0.149. The Morgan fingerprint density at radius 3 is 2.20 bits per heavy atom. The molecule has 0 aliphatic carbocycles. The van der Waals surface area contributed by atoms with Crippen molar-refractivity contribution >= 4 is 46.9 Å². The van der Waals surface area contributed by atoms with E-state index in [4.69, 9.17) is 4.74 Å². The Morgan fingerprint density at radius 2 is 1.64 bits per heavy atom. The zero-order valence-corrected chi connectivity index (χ0v) is 34.4. The number of aliphatic carboxylic acids is 1. The largest absolute Gasteiger partial charge is 0.481 e. The van der Waals surface area contributed by atoms with E-state index in [1.54, 1.807) is 32.8 Å². The number of aromatic nitrogens is 1. The number of carbonyl (C=O) groups excluding carboxylic acids is 5. The Morgan fingerprint density at radius 1 is 0.964 bits per heavy atom. The van der Waals surface area contributed by atoms with Crippen LogP contribution in [0.4, 0.5) is 0 Å². The number of hydrogen-bond donors (Lipinski definition) is 4. The summed E-state index contributed by atoms with van der Waals surface area (Å²) < 4.78 is 5.76. The number of amides is 4. The molecule has 0 radical (unpaired) electrons. The average molecular weight is 785 g/mol. The van der Waals surface area contributed by atoms with Crippen molar-refractivity contribution in [2.24, 2.45) is 11.8 Å². The minimum absolute atomic E-state index is 0.0386. The Kier molecular flexibility index (Phi) is 19.7. The number of hydrogen-bond acceptors (Lipinski definition) is 10. The molecule has 1 aromatic carbocycles. The van der Waals surface area contributed by atoms with Crippen LogP contribution in [0.1, 0.15) is 101 Å². The zero-order valence-electron chi connectivity index (χ0n) is 33.6. The lowest BCUT2D eigenvalue weighted by Crippen LogP contribution is -2.57. The first kappa shape index (κ1) is 46.5. The van der Waals surface area contributed by atoms with Crippen molar-refractivity contribution in [2.75, 3.05) is 33.7 Å².